The molecule has 0 aliphatic heterocycles. The van der Waals surface area contributed by atoms with E-state index in [1.807, 2.05) is 19.1 Å². The van der Waals surface area contributed by atoms with Crippen LogP contribution < -0.4 is 5.32 Å². The number of hydrogen-bond donors (Lipinski definition) is 1. The molecule has 2 amide bonds. The number of halogens is 1. The number of anilines is 1. The molecule has 25 heavy (non-hydrogen) atoms. The quantitative estimate of drug-likeness (QED) is 0.900. The van der Waals surface area contributed by atoms with E-state index >= 15 is 0 Å². The molecule has 0 saturated heterocycles. The average Bonchev–Trinajstić information content (AvgIpc) is 3.40. The molecular formula is C19H19FN4O. The zero-order valence-electron chi connectivity index (χ0n) is 14.0. The third kappa shape index (κ3) is 4.54. The van der Waals surface area contributed by atoms with Gasteiger partial charge in [-0.05, 0) is 55.5 Å². The van der Waals surface area contributed by atoms with E-state index in [-0.39, 0.29) is 11.6 Å². The van der Waals surface area contributed by atoms with Crippen molar-refractivity contribution in [1.82, 2.24) is 9.88 Å². The number of amides is 2. The van der Waals surface area contributed by atoms with E-state index in [0.29, 0.717) is 24.7 Å². The number of nitrogens with one attached hydrogen (secondary N) is 1. The number of urea groups is 1. The minimum atomic E-state index is -0.642. The lowest BCUT2D eigenvalue weighted by molar-refractivity contribution is 0.206. The lowest BCUT2D eigenvalue weighted by Crippen LogP contribution is -2.36. The van der Waals surface area contributed by atoms with Crippen molar-refractivity contribution in [3.05, 3.63) is 59.2 Å². The van der Waals surface area contributed by atoms with E-state index in [4.69, 9.17) is 5.26 Å². The molecule has 1 aliphatic rings. The number of benzene rings is 1. The predicted molar refractivity (Wildman–Crippen MR) is 92.2 cm³/mol. The number of carbonyl (C=O) groups excluding carboxylic acids is 1. The van der Waals surface area contributed by atoms with Crippen molar-refractivity contribution in [2.24, 2.45) is 5.92 Å². The molecule has 1 saturated carbocycles. The molecule has 0 unspecified atom stereocenters. The van der Waals surface area contributed by atoms with Gasteiger partial charge in [-0.2, -0.15) is 5.26 Å². The van der Waals surface area contributed by atoms with Gasteiger partial charge in [-0.3, -0.25) is 4.98 Å². The van der Waals surface area contributed by atoms with Crippen LogP contribution in [0, 0.1) is 30.0 Å². The molecule has 0 radical (unpaired) electrons. The molecule has 128 valence electrons. The van der Waals surface area contributed by atoms with Crippen molar-refractivity contribution in [3.8, 4) is 6.07 Å². The summed E-state index contributed by atoms with van der Waals surface area (Å²) in [6.45, 7) is 3.03. The van der Waals surface area contributed by atoms with E-state index in [1.54, 1.807) is 17.2 Å². The number of carbonyl (C=O) groups is 1. The highest BCUT2D eigenvalue weighted by Gasteiger charge is 2.27. The van der Waals surface area contributed by atoms with E-state index < -0.39 is 5.82 Å². The molecule has 0 bridgehead atoms. The number of nitrogens with zero attached hydrogens (tertiary/aromatic N) is 3. The van der Waals surface area contributed by atoms with Gasteiger partial charge in [0.15, 0.2) is 0 Å². The highest BCUT2D eigenvalue weighted by atomic mass is 19.1. The third-order valence-corrected chi connectivity index (χ3v) is 4.15. The Hall–Kier alpha value is -2.94. The van der Waals surface area contributed by atoms with E-state index in [1.165, 1.54) is 18.2 Å². The Morgan fingerprint density at radius 1 is 1.40 bits per heavy atom. The Bertz CT molecular complexity index is 809. The van der Waals surface area contributed by atoms with Gasteiger partial charge in [0, 0.05) is 30.7 Å². The largest absolute Gasteiger partial charge is 0.322 e. The van der Waals surface area contributed by atoms with Gasteiger partial charge in [0.2, 0.25) is 0 Å². The average molecular weight is 338 g/mol. The van der Waals surface area contributed by atoms with Crippen LogP contribution in [0.4, 0.5) is 14.9 Å². The third-order valence-electron chi connectivity index (χ3n) is 4.15. The van der Waals surface area contributed by atoms with Crippen LogP contribution in [0.15, 0.2) is 36.5 Å². The molecule has 6 heteroatoms. The standard InChI is InChI=1S/C19H19FN4O/c1-13-2-3-15(10-22-13)12-24(11-14-4-5-14)19(25)23-17-7-6-16(9-21)18(20)8-17/h2-3,6-8,10,14H,4-5,11-12H2,1H3,(H,23,25). The minimum Gasteiger partial charge on any atom is -0.320 e. The fourth-order valence-corrected chi connectivity index (χ4v) is 2.53. The van der Waals surface area contributed by atoms with E-state index in [9.17, 15) is 9.18 Å². The maximum Gasteiger partial charge on any atom is 0.322 e. The van der Waals surface area contributed by atoms with Gasteiger partial charge in [0.1, 0.15) is 11.9 Å². The van der Waals surface area contributed by atoms with Gasteiger partial charge in [-0.15, -0.1) is 0 Å². The van der Waals surface area contributed by atoms with Gasteiger partial charge in [-0.1, -0.05) is 6.07 Å². The van der Waals surface area contributed by atoms with Crippen molar-refractivity contribution in [3.63, 3.8) is 0 Å². The summed E-state index contributed by atoms with van der Waals surface area (Å²) in [5.41, 5.74) is 2.17. The van der Waals surface area contributed by atoms with Crippen molar-refractivity contribution < 1.29 is 9.18 Å². The molecule has 3 rings (SSSR count). The van der Waals surface area contributed by atoms with Gasteiger partial charge in [-0.25, -0.2) is 9.18 Å². The molecule has 0 atom stereocenters. The summed E-state index contributed by atoms with van der Waals surface area (Å²) < 4.78 is 13.7. The maximum atomic E-state index is 13.7. The highest BCUT2D eigenvalue weighted by molar-refractivity contribution is 5.89. The topological polar surface area (TPSA) is 69.0 Å². The summed E-state index contributed by atoms with van der Waals surface area (Å²) in [7, 11) is 0. The SMILES string of the molecule is Cc1ccc(CN(CC2CC2)C(=O)Nc2ccc(C#N)c(F)c2)cn1. The number of aromatic nitrogens is 1. The Morgan fingerprint density at radius 2 is 2.20 bits per heavy atom. The van der Waals surface area contributed by atoms with Crippen molar-refractivity contribution in [1.29, 1.82) is 5.26 Å². The molecule has 1 aromatic heterocycles. The highest BCUT2D eigenvalue weighted by Crippen LogP contribution is 2.30. The smallest absolute Gasteiger partial charge is 0.320 e. The second-order valence-corrected chi connectivity index (χ2v) is 6.37. The van der Waals surface area contributed by atoms with Crippen molar-refractivity contribution in [2.75, 3.05) is 11.9 Å². The second-order valence-electron chi connectivity index (χ2n) is 6.37. The van der Waals surface area contributed by atoms with Gasteiger partial charge < -0.3 is 10.2 Å². The zero-order chi connectivity index (χ0) is 17.8. The first-order chi connectivity index (χ1) is 12.0. The lowest BCUT2D eigenvalue weighted by atomic mass is 10.2. The summed E-state index contributed by atoms with van der Waals surface area (Å²) >= 11 is 0. The Morgan fingerprint density at radius 3 is 2.80 bits per heavy atom. The first kappa shape index (κ1) is 16.9. The second kappa shape index (κ2) is 7.31. The Kier molecular flexibility index (Phi) is 4.94. The molecule has 0 spiro atoms. The number of nitriles is 1. The lowest BCUT2D eigenvalue weighted by Gasteiger charge is -2.23. The van der Waals surface area contributed by atoms with Gasteiger partial charge in [0.25, 0.3) is 0 Å². The molecule has 5 nitrogen and oxygen atoms in total. The number of pyridine rings is 1. The van der Waals surface area contributed by atoms with Gasteiger partial charge >= 0.3 is 6.03 Å². The molecule has 1 aliphatic carbocycles. The predicted octanol–water partition coefficient (Wildman–Crippen LogP) is 3.84. The normalized spacial score (nSPS) is 13.2. The first-order valence-corrected chi connectivity index (χ1v) is 8.22. The fourth-order valence-electron chi connectivity index (χ4n) is 2.53. The first-order valence-electron chi connectivity index (χ1n) is 8.22. The van der Waals surface area contributed by atoms with Crippen molar-refractivity contribution >= 4 is 11.7 Å². The van der Waals surface area contributed by atoms with Crippen LogP contribution in [0.2, 0.25) is 0 Å². The summed E-state index contributed by atoms with van der Waals surface area (Å²) in [5.74, 6) is -0.112. The summed E-state index contributed by atoms with van der Waals surface area (Å²) in [5, 5.41) is 11.5. The van der Waals surface area contributed by atoms with E-state index in [0.717, 1.165) is 24.1 Å². The molecule has 1 aromatic carbocycles. The summed E-state index contributed by atoms with van der Waals surface area (Å²) in [4.78, 5) is 18.6. The monoisotopic (exact) mass is 338 g/mol. The van der Waals surface area contributed by atoms with Crippen LogP contribution in [0.5, 0.6) is 0 Å². The fraction of sp³-hybridized carbons (Fsp3) is 0.316. The van der Waals surface area contributed by atoms with Crippen LogP contribution in [0.25, 0.3) is 0 Å². The number of hydrogen-bond acceptors (Lipinski definition) is 3. The molecule has 1 heterocycles. The zero-order valence-corrected chi connectivity index (χ0v) is 14.0. The molecule has 1 fully saturated rings. The van der Waals surface area contributed by atoms with Gasteiger partial charge in [0.05, 0.1) is 5.56 Å². The summed E-state index contributed by atoms with van der Waals surface area (Å²) in [6.07, 6.45) is 4.02. The maximum absolute atomic E-state index is 13.7. The minimum absolute atomic E-state index is 0.0430. The Balaban J connectivity index is 1.71. The molecule has 1 N–H and O–H groups in total. The Labute approximate surface area is 146 Å². The van der Waals surface area contributed by atoms with Crippen LogP contribution in [-0.2, 0) is 6.54 Å². The summed E-state index contributed by atoms with van der Waals surface area (Å²) in [6, 6.07) is 9.41. The molecule has 2 aromatic rings. The van der Waals surface area contributed by atoms with E-state index in [2.05, 4.69) is 10.3 Å². The van der Waals surface area contributed by atoms with Crippen LogP contribution >= 0.6 is 0 Å². The number of rotatable bonds is 5. The number of aryl methyl sites for hydroxylation is 1. The van der Waals surface area contributed by atoms with Crippen molar-refractivity contribution in [2.45, 2.75) is 26.3 Å². The van der Waals surface area contributed by atoms with Crippen LogP contribution in [0.3, 0.4) is 0 Å². The van der Waals surface area contributed by atoms with Crippen LogP contribution in [0.1, 0.15) is 29.7 Å². The molecular weight excluding hydrogens is 319 g/mol. The van der Waals surface area contributed by atoms with Crippen LogP contribution in [-0.4, -0.2) is 22.5 Å².